The number of rotatable bonds is 3. The summed E-state index contributed by atoms with van der Waals surface area (Å²) < 4.78 is 5.00. The Labute approximate surface area is 122 Å². The van der Waals surface area contributed by atoms with E-state index in [1.165, 1.54) is 4.90 Å². The first kappa shape index (κ1) is 13.7. The quantitative estimate of drug-likeness (QED) is 0.897. The van der Waals surface area contributed by atoms with E-state index in [0.29, 0.717) is 25.3 Å². The largest absolute Gasteiger partial charge is 0.441 e. The van der Waals surface area contributed by atoms with E-state index in [-0.39, 0.29) is 12.6 Å². The Bertz CT molecular complexity index is 560. The van der Waals surface area contributed by atoms with Crippen LogP contribution >= 0.6 is 0 Å². The second-order valence-electron chi connectivity index (χ2n) is 5.17. The van der Waals surface area contributed by atoms with E-state index < -0.39 is 12.2 Å². The molecule has 2 aliphatic heterocycles. The average Bonchev–Trinajstić information content (AvgIpc) is 3.03. The lowest BCUT2D eigenvalue weighted by Crippen LogP contribution is -2.29. The van der Waals surface area contributed by atoms with E-state index in [9.17, 15) is 9.59 Å². The van der Waals surface area contributed by atoms with Gasteiger partial charge in [0.25, 0.3) is 0 Å². The second-order valence-corrected chi connectivity index (χ2v) is 5.17. The topological polar surface area (TPSA) is 73.3 Å². The highest BCUT2D eigenvalue weighted by molar-refractivity contribution is 5.95. The van der Waals surface area contributed by atoms with Crippen LogP contribution in [0.4, 0.5) is 21.0 Å². The van der Waals surface area contributed by atoms with Gasteiger partial charge in [-0.3, -0.25) is 9.80 Å². The number of likely N-dealkylation sites (N-methyl/N-ethyl adjacent to an activating group) is 1. The number of cyclic esters (lactones) is 1. The van der Waals surface area contributed by atoms with E-state index in [2.05, 4.69) is 0 Å². The maximum Gasteiger partial charge on any atom is 0.414 e. The van der Waals surface area contributed by atoms with Crippen LogP contribution in [0.1, 0.15) is 0 Å². The van der Waals surface area contributed by atoms with Crippen molar-refractivity contribution in [2.75, 3.05) is 43.1 Å². The summed E-state index contributed by atoms with van der Waals surface area (Å²) in [5.41, 5.74) is 1.50. The maximum atomic E-state index is 11.9. The highest BCUT2D eigenvalue weighted by Gasteiger charge is 2.32. The van der Waals surface area contributed by atoms with Crippen molar-refractivity contribution in [1.29, 1.82) is 0 Å². The third-order valence-electron chi connectivity index (χ3n) is 3.77. The normalized spacial score (nSPS) is 22.2. The Kier molecular flexibility index (Phi) is 3.42. The summed E-state index contributed by atoms with van der Waals surface area (Å²) in [6, 6.07) is 7.16. The molecule has 7 heteroatoms. The first-order valence-electron chi connectivity index (χ1n) is 6.82. The average molecular weight is 291 g/mol. The second kappa shape index (κ2) is 5.25. The molecule has 1 unspecified atom stereocenters. The van der Waals surface area contributed by atoms with Crippen LogP contribution in [0.15, 0.2) is 24.3 Å². The highest BCUT2D eigenvalue weighted by Crippen LogP contribution is 2.26. The van der Waals surface area contributed by atoms with Crippen LogP contribution in [-0.2, 0) is 4.74 Å². The first-order valence-corrected chi connectivity index (χ1v) is 6.82. The van der Waals surface area contributed by atoms with Gasteiger partial charge >= 0.3 is 12.1 Å². The number of carbonyl (C=O) groups excluding carboxylic acids is 2. The Morgan fingerprint density at radius 3 is 2.24 bits per heavy atom. The lowest BCUT2D eigenvalue weighted by atomic mass is 10.2. The zero-order valence-corrected chi connectivity index (χ0v) is 11.7. The molecule has 3 rings (SSSR count). The van der Waals surface area contributed by atoms with Crippen LogP contribution in [0.5, 0.6) is 0 Å². The van der Waals surface area contributed by atoms with E-state index in [0.717, 1.165) is 5.69 Å². The van der Waals surface area contributed by atoms with Gasteiger partial charge in [-0.05, 0) is 24.3 Å². The molecule has 3 amide bonds. The van der Waals surface area contributed by atoms with Gasteiger partial charge in [-0.2, -0.15) is 0 Å². The lowest BCUT2D eigenvalue weighted by Gasteiger charge is -2.18. The van der Waals surface area contributed by atoms with Gasteiger partial charge in [-0.15, -0.1) is 0 Å². The fourth-order valence-corrected chi connectivity index (χ4v) is 2.53. The molecule has 112 valence electrons. The Morgan fingerprint density at radius 2 is 1.76 bits per heavy atom. The van der Waals surface area contributed by atoms with Crippen LogP contribution in [0.2, 0.25) is 0 Å². The summed E-state index contributed by atoms with van der Waals surface area (Å²) in [5, 5.41) is 9.04. The Morgan fingerprint density at radius 1 is 1.14 bits per heavy atom. The van der Waals surface area contributed by atoms with Crippen LogP contribution in [0, 0.1) is 0 Å². The van der Waals surface area contributed by atoms with Gasteiger partial charge in [0.2, 0.25) is 0 Å². The molecule has 2 aliphatic rings. The molecule has 0 aromatic heterocycles. The molecule has 21 heavy (non-hydrogen) atoms. The number of aliphatic hydroxyl groups is 1. The number of nitrogens with zero attached hydrogens (tertiary/aromatic N) is 3. The third-order valence-corrected chi connectivity index (χ3v) is 3.77. The van der Waals surface area contributed by atoms with E-state index in [1.807, 2.05) is 12.1 Å². The van der Waals surface area contributed by atoms with Crippen molar-refractivity contribution < 1.29 is 19.4 Å². The summed E-state index contributed by atoms with van der Waals surface area (Å²) in [6.07, 6.45) is -0.940. The summed E-state index contributed by atoms with van der Waals surface area (Å²) >= 11 is 0. The van der Waals surface area contributed by atoms with Crippen LogP contribution in [0.3, 0.4) is 0 Å². The molecule has 2 heterocycles. The van der Waals surface area contributed by atoms with Gasteiger partial charge in [0, 0.05) is 31.5 Å². The maximum absolute atomic E-state index is 11.9. The van der Waals surface area contributed by atoms with Crippen molar-refractivity contribution in [3.63, 3.8) is 0 Å². The molecule has 0 radical (unpaired) electrons. The van der Waals surface area contributed by atoms with Crippen LogP contribution in [0.25, 0.3) is 0 Å². The van der Waals surface area contributed by atoms with Crippen molar-refractivity contribution in [3.8, 4) is 0 Å². The van der Waals surface area contributed by atoms with Crippen molar-refractivity contribution in [3.05, 3.63) is 24.3 Å². The molecule has 1 aromatic rings. The van der Waals surface area contributed by atoms with E-state index in [1.54, 1.807) is 29.0 Å². The smallest absolute Gasteiger partial charge is 0.414 e. The zero-order chi connectivity index (χ0) is 15.0. The molecule has 0 aliphatic carbocycles. The molecule has 1 aromatic carbocycles. The van der Waals surface area contributed by atoms with Gasteiger partial charge in [0.05, 0.1) is 13.2 Å². The number of hydrogen-bond acceptors (Lipinski definition) is 4. The summed E-state index contributed by atoms with van der Waals surface area (Å²) in [4.78, 5) is 28.5. The highest BCUT2D eigenvalue weighted by atomic mass is 16.6. The van der Waals surface area contributed by atoms with Crippen molar-refractivity contribution in [2.45, 2.75) is 6.10 Å². The molecular weight excluding hydrogens is 274 g/mol. The Balaban J connectivity index is 1.76. The fraction of sp³-hybridized carbons (Fsp3) is 0.429. The summed E-state index contributed by atoms with van der Waals surface area (Å²) in [5.74, 6) is 0. The molecule has 0 bridgehead atoms. The van der Waals surface area contributed by atoms with Crippen LogP contribution in [-0.4, -0.2) is 61.5 Å². The van der Waals surface area contributed by atoms with Crippen LogP contribution < -0.4 is 9.80 Å². The number of carbonyl (C=O) groups is 2. The minimum Gasteiger partial charge on any atom is -0.441 e. The van der Waals surface area contributed by atoms with Gasteiger partial charge in [-0.1, -0.05) is 0 Å². The number of hydrogen-bond donors (Lipinski definition) is 1. The Hall–Kier alpha value is -2.28. The number of ether oxygens (including phenoxy) is 1. The standard InChI is InChI=1S/C14H17N3O4/c1-15-6-7-16(13(15)19)10-2-4-11(5-3-10)17-8-12(9-18)21-14(17)20/h2-5,12,18H,6-9H2,1H3. The van der Waals surface area contributed by atoms with Crippen molar-refractivity contribution in [1.82, 2.24) is 4.90 Å². The monoisotopic (exact) mass is 291 g/mol. The molecule has 0 spiro atoms. The summed E-state index contributed by atoms with van der Waals surface area (Å²) in [6.45, 7) is 1.51. The third kappa shape index (κ3) is 2.40. The molecule has 1 atom stereocenters. The minimum absolute atomic E-state index is 0.0244. The van der Waals surface area contributed by atoms with E-state index >= 15 is 0 Å². The minimum atomic E-state index is -0.481. The number of urea groups is 1. The SMILES string of the molecule is CN1CCN(c2ccc(N3CC(CO)OC3=O)cc2)C1=O. The molecule has 2 fully saturated rings. The zero-order valence-electron chi connectivity index (χ0n) is 11.7. The lowest BCUT2D eigenvalue weighted by molar-refractivity contribution is 0.0963. The molecular formula is C14H17N3O4. The molecule has 2 saturated heterocycles. The van der Waals surface area contributed by atoms with Gasteiger partial charge in [-0.25, -0.2) is 9.59 Å². The van der Waals surface area contributed by atoms with Crippen molar-refractivity contribution in [2.24, 2.45) is 0 Å². The van der Waals surface area contributed by atoms with Gasteiger partial charge in [0.1, 0.15) is 6.10 Å². The van der Waals surface area contributed by atoms with E-state index in [4.69, 9.17) is 9.84 Å². The van der Waals surface area contributed by atoms with Crippen molar-refractivity contribution >= 4 is 23.5 Å². The molecule has 7 nitrogen and oxygen atoms in total. The number of anilines is 2. The number of aliphatic hydroxyl groups excluding tert-OH is 1. The summed E-state index contributed by atoms with van der Waals surface area (Å²) in [7, 11) is 1.77. The number of benzene rings is 1. The predicted octanol–water partition coefficient (Wildman–Crippen LogP) is 0.876. The molecule has 0 saturated carbocycles. The molecule has 1 N–H and O–H groups in total. The predicted molar refractivity (Wildman–Crippen MR) is 76.5 cm³/mol. The fourth-order valence-electron chi connectivity index (χ4n) is 2.53. The van der Waals surface area contributed by atoms with Gasteiger partial charge in [0.15, 0.2) is 0 Å². The van der Waals surface area contributed by atoms with Gasteiger partial charge < -0.3 is 14.7 Å². The number of amides is 3. The first-order chi connectivity index (χ1) is 10.1.